The van der Waals surface area contributed by atoms with Crippen LogP contribution in [-0.4, -0.2) is 28.7 Å². The monoisotopic (exact) mass is 400 g/mol. The van der Waals surface area contributed by atoms with E-state index in [1.165, 1.54) is 30.2 Å². The first kappa shape index (κ1) is 19.0. The molecule has 3 aromatic rings. The second-order valence-electron chi connectivity index (χ2n) is 8.69. The summed E-state index contributed by atoms with van der Waals surface area (Å²) in [5.74, 6) is 1.40. The van der Waals surface area contributed by atoms with E-state index in [9.17, 15) is 4.79 Å². The first-order valence-corrected chi connectivity index (χ1v) is 11.1. The smallest absolute Gasteiger partial charge is 0.255 e. The van der Waals surface area contributed by atoms with Gasteiger partial charge in [0.15, 0.2) is 5.82 Å². The van der Waals surface area contributed by atoms with Crippen molar-refractivity contribution >= 4 is 28.2 Å². The molecule has 1 saturated heterocycles. The van der Waals surface area contributed by atoms with Crippen LogP contribution in [0.2, 0.25) is 0 Å². The van der Waals surface area contributed by atoms with Gasteiger partial charge < -0.3 is 10.2 Å². The molecule has 0 radical (unpaired) electrons. The second kappa shape index (κ2) is 7.71. The molecule has 1 saturated carbocycles. The van der Waals surface area contributed by atoms with Crippen LogP contribution in [0.1, 0.15) is 66.6 Å². The Morgan fingerprint density at radius 2 is 1.83 bits per heavy atom. The SMILES string of the molecule is Cc1nnc(N2CCCC[C@@H]2C)c2ccc(NC(=O)c3ccccc3)c(C3CC3)c12. The van der Waals surface area contributed by atoms with Crippen LogP contribution in [-0.2, 0) is 0 Å². The summed E-state index contributed by atoms with van der Waals surface area (Å²) in [6.45, 7) is 5.34. The van der Waals surface area contributed by atoms with Gasteiger partial charge in [0.2, 0.25) is 0 Å². The number of benzene rings is 2. The molecule has 1 aromatic heterocycles. The molecular formula is C25H28N4O. The molecule has 1 atom stereocenters. The van der Waals surface area contributed by atoms with E-state index in [0.29, 0.717) is 17.5 Å². The van der Waals surface area contributed by atoms with E-state index >= 15 is 0 Å². The Bertz CT molecular complexity index is 1090. The summed E-state index contributed by atoms with van der Waals surface area (Å²) in [5, 5.41) is 14.7. The minimum atomic E-state index is -0.0682. The molecule has 5 heteroatoms. The largest absolute Gasteiger partial charge is 0.352 e. The number of piperidine rings is 1. The zero-order chi connectivity index (χ0) is 20.7. The van der Waals surface area contributed by atoms with Crippen LogP contribution in [0.15, 0.2) is 42.5 Å². The van der Waals surface area contributed by atoms with Crippen LogP contribution in [0.25, 0.3) is 10.8 Å². The molecule has 0 unspecified atom stereocenters. The van der Waals surface area contributed by atoms with Gasteiger partial charge in [0.05, 0.1) is 5.69 Å². The van der Waals surface area contributed by atoms with Crippen LogP contribution in [0.5, 0.6) is 0 Å². The van der Waals surface area contributed by atoms with E-state index < -0.39 is 0 Å². The highest BCUT2D eigenvalue weighted by Crippen LogP contribution is 2.48. The van der Waals surface area contributed by atoms with Gasteiger partial charge in [0.1, 0.15) is 0 Å². The lowest BCUT2D eigenvalue weighted by atomic mass is 9.96. The number of aryl methyl sites for hydroxylation is 1. The molecule has 2 aromatic carbocycles. The molecule has 1 aliphatic heterocycles. The molecule has 30 heavy (non-hydrogen) atoms. The Morgan fingerprint density at radius 1 is 1.03 bits per heavy atom. The third-order valence-corrected chi connectivity index (χ3v) is 6.49. The van der Waals surface area contributed by atoms with Crippen molar-refractivity contribution in [3.8, 4) is 0 Å². The van der Waals surface area contributed by atoms with E-state index in [1.54, 1.807) is 0 Å². The highest BCUT2D eigenvalue weighted by atomic mass is 16.1. The molecular weight excluding hydrogens is 372 g/mol. The maximum atomic E-state index is 12.8. The lowest BCUT2D eigenvalue weighted by Gasteiger charge is -2.35. The van der Waals surface area contributed by atoms with E-state index in [0.717, 1.165) is 42.0 Å². The van der Waals surface area contributed by atoms with Gasteiger partial charge in [0, 0.05) is 34.6 Å². The van der Waals surface area contributed by atoms with Gasteiger partial charge in [-0.15, -0.1) is 5.10 Å². The van der Waals surface area contributed by atoms with Crippen molar-refractivity contribution < 1.29 is 4.79 Å². The fourth-order valence-corrected chi connectivity index (χ4v) is 4.74. The number of carbonyl (C=O) groups excluding carboxylic acids is 1. The molecule has 0 bridgehead atoms. The number of hydrogen-bond donors (Lipinski definition) is 1. The first-order valence-electron chi connectivity index (χ1n) is 11.1. The van der Waals surface area contributed by atoms with Crippen molar-refractivity contribution in [2.75, 3.05) is 16.8 Å². The third kappa shape index (κ3) is 3.42. The van der Waals surface area contributed by atoms with Crippen LogP contribution in [0.4, 0.5) is 11.5 Å². The zero-order valence-corrected chi connectivity index (χ0v) is 17.7. The van der Waals surface area contributed by atoms with Crippen molar-refractivity contribution in [1.29, 1.82) is 0 Å². The van der Waals surface area contributed by atoms with Crippen molar-refractivity contribution in [1.82, 2.24) is 10.2 Å². The molecule has 2 heterocycles. The summed E-state index contributed by atoms with van der Waals surface area (Å²) in [4.78, 5) is 15.3. The summed E-state index contributed by atoms with van der Waals surface area (Å²) >= 11 is 0. The maximum Gasteiger partial charge on any atom is 0.255 e. The fourth-order valence-electron chi connectivity index (χ4n) is 4.74. The van der Waals surface area contributed by atoms with E-state index in [1.807, 2.05) is 37.3 Å². The standard InChI is InChI=1S/C25H28N4O/c1-16-8-6-7-15-29(16)24-20-13-14-21(26-25(30)19-9-4-3-5-10-19)23(18-11-12-18)22(20)17(2)27-28-24/h3-5,9-10,13-14,16,18H,6-8,11-12,15H2,1-2H3,(H,26,30)/t16-/m0/s1. The Labute approximate surface area is 177 Å². The van der Waals surface area contributed by atoms with Crippen LogP contribution in [0, 0.1) is 6.92 Å². The Morgan fingerprint density at radius 3 is 2.57 bits per heavy atom. The minimum Gasteiger partial charge on any atom is -0.352 e. The quantitative estimate of drug-likeness (QED) is 0.633. The molecule has 2 fully saturated rings. The number of carbonyl (C=O) groups is 1. The summed E-state index contributed by atoms with van der Waals surface area (Å²) in [7, 11) is 0. The van der Waals surface area contributed by atoms with E-state index in [4.69, 9.17) is 0 Å². The second-order valence-corrected chi connectivity index (χ2v) is 8.69. The average molecular weight is 401 g/mol. The number of rotatable bonds is 4. The Balaban J connectivity index is 1.61. The topological polar surface area (TPSA) is 58.1 Å². The predicted octanol–water partition coefficient (Wildman–Crippen LogP) is 5.45. The number of aromatic nitrogens is 2. The molecule has 1 amide bonds. The number of fused-ring (bicyclic) bond motifs is 1. The number of hydrogen-bond acceptors (Lipinski definition) is 4. The Hall–Kier alpha value is -2.95. The fraction of sp³-hybridized carbons (Fsp3) is 0.400. The minimum absolute atomic E-state index is 0.0682. The van der Waals surface area contributed by atoms with Gasteiger partial charge in [-0.05, 0) is 81.7 Å². The lowest BCUT2D eigenvalue weighted by molar-refractivity contribution is 0.102. The summed E-state index contributed by atoms with van der Waals surface area (Å²) in [6.07, 6.45) is 5.98. The summed E-state index contributed by atoms with van der Waals surface area (Å²) in [5.41, 5.74) is 3.76. The normalized spacial score (nSPS) is 19.1. The maximum absolute atomic E-state index is 12.8. The van der Waals surface area contributed by atoms with Gasteiger partial charge >= 0.3 is 0 Å². The van der Waals surface area contributed by atoms with Crippen LogP contribution in [0.3, 0.4) is 0 Å². The van der Waals surface area contributed by atoms with Crippen LogP contribution < -0.4 is 10.2 Å². The van der Waals surface area contributed by atoms with E-state index in [-0.39, 0.29) is 5.91 Å². The van der Waals surface area contributed by atoms with Gasteiger partial charge in [-0.25, -0.2) is 0 Å². The molecule has 0 spiro atoms. The van der Waals surface area contributed by atoms with Crippen LogP contribution >= 0.6 is 0 Å². The number of anilines is 2. The molecule has 1 aliphatic carbocycles. The first-order chi connectivity index (χ1) is 14.6. The highest BCUT2D eigenvalue weighted by Gasteiger charge is 2.31. The average Bonchev–Trinajstić information content (AvgIpc) is 3.60. The van der Waals surface area contributed by atoms with Gasteiger partial charge in [-0.3, -0.25) is 4.79 Å². The highest BCUT2D eigenvalue weighted by molar-refractivity contribution is 6.07. The molecule has 1 N–H and O–H groups in total. The molecule has 5 nitrogen and oxygen atoms in total. The zero-order valence-electron chi connectivity index (χ0n) is 17.7. The Kier molecular flexibility index (Phi) is 4.89. The van der Waals surface area contributed by atoms with Crippen molar-refractivity contribution in [2.45, 2.75) is 57.9 Å². The predicted molar refractivity (Wildman–Crippen MR) is 121 cm³/mol. The summed E-state index contributed by atoms with van der Waals surface area (Å²) < 4.78 is 0. The van der Waals surface area contributed by atoms with Gasteiger partial charge in [-0.1, -0.05) is 18.2 Å². The third-order valence-electron chi connectivity index (χ3n) is 6.49. The lowest BCUT2D eigenvalue weighted by Crippen LogP contribution is -2.38. The molecule has 2 aliphatic rings. The van der Waals surface area contributed by atoms with Gasteiger partial charge in [0.25, 0.3) is 5.91 Å². The summed E-state index contributed by atoms with van der Waals surface area (Å²) in [6, 6.07) is 14.1. The number of nitrogens with zero attached hydrogens (tertiary/aromatic N) is 3. The van der Waals surface area contributed by atoms with E-state index in [2.05, 4.69) is 39.5 Å². The van der Waals surface area contributed by atoms with Crippen molar-refractivity contribution in [2.24, 2.45) is 0 Å². The number of amides is 1. The van der Waals surface area contributed by atoms with Crippen molar-refractivity contribution in [3.63, 3.8) is 0 Å². The number of nitrogens with one attached hydrogen (secondary N) is 1. The van der Waals surface area contributed by atoms with Crippen molar-refractivity contribution in [3.05, 3.63) is 59.3 Å². The molecule has 154 valence electrons. The molecule has 5 rings (SSSR count). The van der Waals surface area contributed by atoms with Gasteiger partial charge in [-0.2, -0.15) is 5.10 Å².